The Morgan fingerprint density at radius 3 is 2.47 bits per heavy atom. The molecular formula is C14H29NO3S. The van der Waals surface area contributed by atoms with Crippen molar-refractivity contribution >= 4 is 9.84 Å². The van der Waals surface area contributed by atoms with Gasteiger partial charge in [-0.3, -0.25) is 0 Å². The molecule has 1 fully saturated rings. The molecular weight excluding hydrogens is 262 g/mol. The first kappa shape index (κ1) is 16.9. The zero-order valence-electron chi connectivity index (χ0n) is 12.4. The quantitative estimate of drug-likeness (QED) is 0.781. The molecule has 5 heteroatoms. The summed E-state index contributed by atoms with van der Waals surface area (Å²) in [5.41, 5.74) is 0. The number of methoxy groups -OCH3 is 1. The average Bonchev–Trinajstić information content (AvgIpc) is 2.35. The molecule has 1 saturated carbocycles. The Morgan fingerprint density at radius 2 is 1.84 bits per heavy atom. The molecule has 1 rings (SSSR count). The number of rotatable bonds is 7. The van der Waals surface area contributed by atoms with E-state index in [9.17, 15) is 8.42 Å². The van der Waals surface area contributed by atoms with Crippen molar-refractivity contribution in [1.29, 1.82) is 0 Å². The maximum atomic E-state index is 12.5. The van der Waals surface area contributed by atoms with Crippen molar-refractivity contribution < 1.29 is 13.2 Å². The van der Waals surface area contributed by atoms with E-state index in [0.29, 0.717) is 6.61 Å². The number of ether oxygens (including phenoxy) is 1. The zero-order chi connectivity index (χ0) is 14.1. The molecule has 4 nitrogen and oxygen atoms in total. The van der Waals surface area contributed by atoms with Gasteiger partial charge >= 0.3 is 0 Å². The van der Waals surface area contributed by atoms with Crippen LogP contribution in [0.2, 0.25) is 0 Å². The molecule has 0 saturated heterocycles. The van der Waals surface area contributed by atoms with Gasteiger partial charge in [0.1, 0.15) is 0 Å². The van der Waals surface area contributed by atoms with Crippen molar-refractivity contribution in [3.05, 3.63) is 0 Å². The van der Waals surface area contributed by atoms with Crippen LogP contribution in [0.1, 0.15) is 51.9 Å². The van der Waals surface area contributed by atoms with Gasteiger partial charge < -0.3 is 10.1 Å². The number of nitrogens with one attached hydrogen (secondary N) is 1. The summed E-state index contributed by atoms with van der Waals surface area (Å²) in [6.07, 6.45) is 7.39. The molecule has 0 aliphatic heterocycles. The van der Waals surface area contributed by atoms with Gasteiger partial charge in [0.25, 0.3) is 0 Å². The Labute approximate surface area is 118 Å². The molecule has 1 aliphatic rings. The van der Waals surface area contributed by atoms with E-state index < -0.39 is 9.84 Å². The van der Waals surface area contributed by atoms with Crippen LogP contribution in [0, 0.1) is 0 Å². The van der Waals surface area contributed by atoms with E-state index in [1.54, 1.807) is 7.11 Å². The fourth-order valence-corrected chi connectivity index (χ4v) is 4.75. The Balaban J connectivity index is 2.74. The molecule has 0 spiro atoms. The van der Waals surface area contributed by atoms with Gasteiger partial charge in [-0.05, 0) is 25.8 Å². The molecule has 0 amide bonds. The van der Waals surface area contributed by atoms with Gasteiger partial charge in [-0.1, -0.05) is 32.6 Å². The summed E-state index contributed by atoms with van der Waals surface area (Å²) >= 11 is 0. The van der Waals surface area contributed by atoms with Crippen LogP contribution < -0.4 is 5.32 Å². The van der Waals surface area contributed by atoms with Crippen molar-refractivity contribution in [3.63, 3.8) is 0 Å². The number of hydrogen-bond donors (Lipinski definition) is 1. The van der Waals surface area contributed by atoms with Gasteiger partial charge in [0.2, 0.25) is 0 Å². The maximum absolute atomic E-state index is 12.5. The minimum Gasteiger partial charge on any atom is -0.384 e. The SMILES string of the molecule is CCCNC1CCCCCCC1S(=O)(=O)CCOC. The average molecular weight is 291 g/mol. The van der Waals surface area contributed by atoms with Crippen LogP contribution in [0.15, 0.2) is 0 Å². The third-order valence-electron chi connectivity index (χ3n) is 3.89. The predicted octanol–water partition coefficient (Wildman–Crippen LogP) is 2.14. The normalized spacial score (nSPS) is 25.8. The summed E-state index contributed by atoms with van der Waals surface area (Å²) < 4.78 is 29.9. The van der Waals surface area contributed by atoms with Gasteiger partial charge in [0.05, 0.1) is 17.6 Å². The largest absolute Gasteiger partial charge is 0.384 e. The molecule has 0 aromatic carbocycles. The van der Waals surface area contributed by atoms with Crippen LogP contribution in [0.3, 0.4) is 0 Å². The zero-order valence-corrected chi connectivity index (χ0v) is 13.2. The summed E-state index contributed by atoms with van der Waals surface area (Å²) in [4.78, 5) is 0. The van der Waals surface area contributed by atoms with Gasteiger partial charge in [-0.2, -0.15) is 0 Å². The third-order valence-corrected chi connectivity index (χ3v) is 6.11. The van der Waals surface area contributed by atoms with Crippen LogP contribution in [0.25, 0.3) is 0 Å². The summed E-state index contributed by atoms with van der Waals surface area (Å²) in [5.74, 6) is 0.151. The first-order valence-electron chi connectivity index (χ1n) is 7.55. The predicted molar refractivity (Wildman–Crippen MR) is 79.2 cm³/mol. The summed E-state index contributed by atoms with van der Waals surface area (Å²) in [6, 6.07) is 0.127. The van der Waals surface area contributed by atoms with Gasteiger partial charge in [-0.15, -0.1) is 0 Å². The van der Waals surface area contributed by atoms with Crippen LogP contribution in [-0.2, 0) is 14.6 Å². The fourth-order valence-electron chi connectivity index (χ4n) is 2.79. The Hall–Kier alpha value is -0.130. The van der Waals surface area contributed by atoms with E-state index in [0.717, 1.165) is 45.1 Å². The topological polar surface area (TPSA) is 55.4 Å². The molecule has 0 heterocycles. The van der Waals surface area contributed by atoms with Crippen molar-refractivity contribution in [3.8, 4) is 0 Å². The molecule has 1 aliphatic carbocycles. The van der Waals surface area contributed by atoms with Crippen molar-refractivity contribution in [2.45, 2.75) is 63.2 Å². The highest BCUT2D eigenvalue weighted by Gasteiger charge is 2.32. The van der Waals surface area contributed by atoms with Crippen LogP contribution in [-0.4, -0.2) is 45.7 Å². The van der Waals surface area contributed by atoms with Gasteiger partial charge in [0, 0.05) is 13.2 Å². The second kappa shape index (κ2) is 8.93. The third kappa shape index (κ3) is 5.79. The molecule has 2 atom stereocenters. The lowest BCUT2D eigenvalue weighted by atomic mass is 9.96. The molecule has 0 bridgehead atoms. The van der Waals surface area contributed by atoms with Gasteiger partial charge in [0.15, 0.2) is 9.84 Å². The molecule has 2 unspecified atom stereocenters. The Morgan fingerprint density at radius 1 is 1.16 bits per heavy atom. The van der Waals surface area contributed by atoms with E-state index in [1.165, 1.54) is 6.42 Å². The first-order valence-corrected chi connectivity index (χ1v) is 9.27. The summed E-state index contributed by atoms with van der Waals surface area (Å²) in [6.45, 7) is 3.32. The van der Waals surface area contributed by atoms with Gasteiger partial charge in [-0.25, -0.2) is 8.42 Å². The minimum absolute atomic E-state index is 0.127. The van der Waals surface area contributed by atoms with Crippen LogP contribution in [0.5, 0.6) is 0 Å². The highest BCUT2D eigenvalue weighted by atomic mass is 32.2. The number of sulfone groups is 1. The second-order valence-electron chi connectivity index (χ2n) is 5.45. The second-order valence-corrected chi connectivity index (χ2v) is 7.79. The lowest BCUT2D eigenvalue weighted by molar-refractivity contribution is 0.216. The van der Waals surface area contributed by atoms with E-state index >= 15 is 0 Å². The Kier molecular flexibility index (Phi) is 7.95. The standard InChI is InChI=1S/C14H29NO3S/c1-3-10-15-13-8-6-4-5-7-9-14(13)19(16,17)12-11-18-2/h13-15H,3-12H2,1-2H3. The minimum atomic E-state index is -3.05. The van der Waals surface area contributed by atoms with E-state index in [1.807, 2.05) is 0 Å². The molecule has 0 aromatic heterocycles. The number of hydrogen-bond acceptors (Lipinski definition) is 4. The fraction of sp³-hybridized carbons (Fsp3) is 1.00. The van der Waals surface area contributed by atoms with Crippen molar-refractivity contribution in [2.75, 3.05) is 26.0 Å². The molecule has 1 N–H and O–H groups in total. The van der Waals surface area contributed by atoms with E-state index in [-0.39, 0.29) is 17.0 Å². The van der Waals surface area contributed by atoms with Crippen LogP contribution >= 0.6 is 0 Å². The smallest absolute Gasteiger partial charge is 0.156 e. The summed E-state index contributed by atoms with van der Waals surface area (Å²) in [5, 5.41) is 3.22. The van der Waals surface area contributed by atoms with Crippen molar-refractivity contribution in [2.24, 2.45) is 0 Å². The highest BCUT2D eigenvalue weighted by Crippen LogP contribution is 2.23. The van der Waals surface area contributed by atoms with Crippen LogP contribution in [0.4, 0.5) is 0 Å². The lowest BCUT2D eigenvalue weighted by Crippen LogP contribution is -2.46. The van der Waals surface area contributed by atoms with Crippen molar-refractivity contribution in [1.82, 2.24) is 5.32 Å². The molecule has 114 valence electrons. The first-order chi connectivity index (χ1) is 9.11. The van der Waals surface area contributed by atoms with E-state index in [2.05, 4.69) is 12.2 Å². The molecule has 0 aromatic rings. The molecule has 19 heavy (non-hydrogen) atoms. The molecule has 0 radical (unpaired) electrons. The lowest BCUT2D eigenvalue weighted by Gasteiger charge is -2.30. The maximum Gasteiger partial charge on any atom is 0.156 e. The summed E-state index contributed by atoms with van der Waals surface area (Å²) in [7, 11) is -1.50. The monoisotopic (exact) mass is 291 g/mol. The van der Waals surface area contributed by atoms with E-state index in [4.69, 9.17) is 4.74 Å². The highest BCUT2D eigenvalue weighted by molar-refractivity contribution is 7.92. The Bertz CT molecular complexity index is 328.